The number of halogens is 3. The number of hydrogen-bond acceptors (Lipinski definition) is 3. The monoisotopic (exact) mass is 240 g/mol. The maximum absolute atomic E-state index is 13.0. The zero-order valence-corrected chi connectivity index (χ0v) is 8.75. The second-order valence-electron chi connectivity index (χ2n) is 3.21. The molecule has 0 aliphatic rings. The Labute approximate surface area is 94.9 Å². The third-order valence-electron chi connectivity index (χ3n) is 2.13. The van der Waals surface area contributed by atoms with Crippen LogP contribution in [0.25, 0.3) is 11.3 Å². The van der Waals surface area contributed by atoms with E-state index in [9.17, 15) is 13.2 Å². The summed E-state index contributed by atoms with van der Waals surface area (Å²) in [6.45, 7) is 0. The Balaban J connectivity index is 2.45. The molecule has 0 saturated carbocycles. The molecule has 1 aromatic heterocycles. The first-order valence-corrected chi connectivity index (χ1v) is 4.64. The van der Waals surface area contributed by atoms with Gasteiger partial charge in [-0.05, 0) is 18.2 Å². The molecule has 0 saturated heterocycles. The van der Waals surface area contributed by atoms with Crippen molar-refractivity contribution in [1.82, 2.24) is 10.2 Å². The minimum Gasteiger partial charge on any atom is -0.480 e. The summed E-state index contributed by atoms with van der Waals surface area (Å²) >= 11 is 0. The molecule has 88 valence electrons. The van der Waals surface area contributed by atoms with E-state index in [0.29, 0.717) is 0 Å². The summed E-state index contributed by atoms with van der Waals surface area (Å²) in [6, 6.07) is 4.67. The van der Waals surface area contributed by atoms with Gasteiger partial charge in [-0.15, -0.1) is 10.2 Å². The normalized spacial score (nSPS) is 10.4. The topological polar surface area (TPSA) is 35.0 Å². The molecule has 17 heavy (non-hydrogen) atoms. The summed E-state index contributed by atoms with van der Waals surface area (Å²) in [4.78, 5) is 0. The van der Waals surface area contributed by atoms with Crippen molar-refractivity contribution in [3.8, 4) is 17.1 Å². The van der Waals surface area contributed by atoms with Crippen molar-refractivity contribution in [3.05, 3.63) is 41.7 Å². The average molecular weight is 240 g/mol. The van der Waals surface area contributed by atoms with Crippen molar-refractivity contribution in [2.24, 2.45) is 0 Å². The molecule has 0 aliphatic heterocycles. The Kier molecular flexibility index (Phi) is 2.95. The lowest BCUT2D eigenvalue weighted by atomic mass is 10.1. The van der Waals surface area contributed by atoms with E-state index in [-0.39, 0.29) is 17.1 Å². The van der Waals surface area contributed by atoms with Crippen LogP contribution >= 0.6 is 0 Å². The number of nitrogens with zero attached hydrogens (tertiary/aromatic N) is 2. The van der Waals surface area contributed by atoms with Crippen LogP contribution in [-0.4, -0.2) is 17.3 Å². The minimum atomic E-state index is -1.50. The second kappa shape index (κ2) is 4.40. The number of benzene rings is 1. The van der Waals surface area contributed by atoms with E-state index in [1.807, 2.05) is 0 Å². The molecule has 0 amide bonds. The Hall–Kier alpha value is -2.11. The van der Waals surface area contributed by atoms with E-state index >= 15 is 0 Å². The van der Waals surface area contributed by atoms with Gasteiger partial charge < -0.3 is 4.74 Å². The molecule has 3 nitrogen and oxygen atoms in total. The first kappa shape index (κ1) is 11.4. The minimum absolute atomic E-state index is 0.108. The van der Waals surface area contributed by atoms with Gasteiger partial charge in [0.1, 0.15) is 0 Å². The molecule has 2 rings (SSSR count). The Bertz CT molecular complexity index is 520. The number of methoxy groups -OCH3 is 1. The number of rotatable bonds is 2. The molecule has 0 atom stereocenters. The third-order valence-corrected chi connectivity index (χ3v) is 2.13. The third kappa shape index (κ3) is 2.20. The molecule has 1 heterocycles. The van der Waals surface area contributed by atoms with E-state index in [0.717, 1.165) is 12.1 Å². The molecular weight excluding hydrogens is 233 g/mol. The molecule has 6 heteroatoms. The summed E-state index contributed by atoms with van der Waals surface area (Å²) in [7, 11) is 1.42. The molecule has 0 radical (unpaired) electrons. The molecular formula is C11H7F3N2O. The van der Waals surface area contributed by atoms with Crippen molar-refractivity contribution in [1.29, 1.82) is 0 Å². The van der Waals surface area contributed by atoms with Crippen molar-refractivity contribution >= 4 is 0 Å². The van der Waals surface area contributed by atoms with E-state index in [1.54, 1.807) is 0 Å². The summed E-state index contributed by atoms with van der Waals surface area (Å²) < 4.78 is 43.5. The zero-order chi connectivity index (χ0) is 12.4. The lowest BCUT2D eigenvalue weighted by molar-refractivity contribution is 0.392. The van der Waals surface area contributed by atoms with E-state index < -0.39 is 17.5 Å². The van der Waals surface area contributed by atoms with Crippen LogP contribution in [0.5, 0.6) is 5.88 Å². The van der Waals surface area contributed by atoms with Crippen molar-refractivity contribution in [2.45, 2.75) is 0 Å². The molecule has 0 bridgehead atoms. The highest BCUT2D eigenvalue weighted by Crippen LogP contribution is 2.22. The quantitative estimate of drug-likeness (QED) is 0.757. The van der Waals surface area contributed by atoms with Gasteiger partial charge in [0.05, 0.1) is 12.8 Å². The van der Waals surface area contributed by atoms with Crippen molar-refractivity contribution in [3.63, 3.8) is 0 Å². The van der Waals surface area contributed by atoms with Crippen LogP contribution in [0.15, 0.2) is 24.3 Å². The summed E-state index contributed by atoms with van der Waals surface area (Å²) in [6.07, 6.45) is 0. The zero-order valence-electron chi connectivity index (χ0n) is 8.75. The molecule has 0 unspecified atom stereocenters. The van der Waals surface area contributed by atoms with Gasteiger partial charge in [-0.25, -0.2) is 13.2 Å². The standard InChI is InChI=1S/C11H7F3N2O/c1-17-10-3-2-9(15-16-10)6-4-7(12)11(14)8(13)5-6/h2-5H,1H3. The molecule has 0 spiro atoms. The van der Waals surface area contributed by atoms with Gasteiger partial charge in [0.15, 0.2) is 17.5 Å². The van der Waals surface area contributed by atoms with Crippen LogP contribution < -0.4 is 4.74 Å². The Morgan fingerprint density at radius 1 is 1.00 bits per heavy atom. The molecule has 0 aliphatic carbocycles. The summed E-state index contributed by atoms with van der Waals surface area (Å²) in [5.74, 6) is -3.76. The van der Waals surface area contributed by atoms with Gasteiger partial charge in [-0.2, -0.15) is 0 Å². The lowest BCUT2D eigenvalue weighted by Crippen LogP contribution is -1.95. The molecule has 1 aromatic carbocycles. The van der Waals surface area contributed by atoms with Crippen LogP contribution in [-0.2, 0) is 0 Å². The first-order chi connectivity index (χ1) is 8.11. The predicted molar refractivity (Wildman–Crippen MR) is 53.9 cm³/mol. The average Bonchev–Trinajstić information content (AvgIpc) is 2.35. The maximum Gasteiger partial charge on any atom is 0.233 e. The first-order valence-electron chi connectivity index (χ1n) is 4.64. The molecule has 2 aromatic rings. The van der Waals surface area contributed by atoms with Crippen molar-refractivity contribution < 1.29 is 17.9 Å². The van der Waals surface area contributed by atoms with Gasteiger partial charge in [-0.3, -0.25) is 0 Å². The SMILES string of the molecule is COc1ccc(-c2cc(F)c(F)c(F)c2)nn1. The molecule has 0 N–H and O–H groups in total. The van der Waals surface area contributed by atoms with Crippen LogP contribution in [0.3, 0.4) is 0 Å². The van der Waals surface area contributed by atoms with Crippen LogP contribution in [0.2, 0.25) is 0 Å². The van der Waals surface area contributed by atoms with Gasteiger partial charge in [-0.1, -0.05) is 0 Å². The molecule has 0 fully saturated rings. The predicted octanol–water partition coefficient (Wildman–Crippen LogP) is 2.57. The van der Waals surface area contributed by atoms with Crippen molar-refractivity contribution in [2.75, 3.05) is 7.11 Å². The number of hydrogen-bond donors (Lipinski definition) is 0. The lowest BCUT2D eigenvalue weighted by Gasteiger charge is -2.03. The largest absolute Gasteiger partial charge is 0.480 e. The van der Waals surface area contributed by atoms with Gasteiger partial charge >= 0.3 is 0 Å². The van der Waals surface area contributed by atoms with Gasteiger partial charge in [0, 0.05) is 11.6 Å². The highest BCUT2D eigenvalue weighted by Gasteiger charge is 2.12. The van der Waals surface area contributed by atoms with E-state index in [2.05, 4.69) is 10.2 Å². The van der Waals surface area contributed by atoms with Gasteiger partial charge in [0.2, 0.25) is 5.88 Å². The van der Waals surface area contributed by atoms with Crippen LogP contribution in [0.1, 0.15) is 0 Å². The number of aromatic nitrogens is 2. The highest BCUT2D eigenvalue weighted by molar-refractivity contribution is 5.58. The Morgan fingerprint density at radius 3 is 2.12 bits per heavy atom. The maximum atomic E-state index is 13.0. The summed E-state index contributed by atoms with van der Waals surface area (Å²) in [5, 5.41) is 7.35. The van der Waals surface area contributed by atoms with Crippen LogP contribution in [0.4, 0.5) is 13.2 Å². The Morgan fingerprint density at radius 2 is 1.65 bits per heavy atom. The fraction of sp³-hybridized carbons (Fsp3) is 0.0909. The fourth-order valence-corrected chi connectivity index (χ4v) is 1.29. The highest BCUT2D eigenvalue weighted by atomic mass is 19.2. The van der Waals surface area contributed by atoms with E-state index in [1.165, 1.54) is 19.2 Å². The smallest absolute Gasteiger partial charge is 0.233 e. The van der Waals surface area contributed by atoms with Gasteiger partial charge in [0.25, 0.3) is 0 Å². The summed E-state index contributed by atoms with van der Waals surface area (Å²) in [5.41, 5.74) is 0.333. The number of ether oxygens (including phenoxy) is 1. The van der Waals surface area contributed by atoms with Crippen LogP contribution in [0, 0.1) is 17.5 Å². The fourth-order valence-electron chi connectivity index (χ4n) is 1.29. The second-order valence-corrected chi connectivity index (χ2v) is 3.21. The van der Waals surface area contributed by atoms with E-state index in [4.69, 9.17) is 4.74 Å².